The van der Waals surface area contributed by atoms with Crippen LogP contribution in [-0.2, 0) is 19.1 Å². The lowest BCUT2D eigenvalue weighted by molar-refractivity contribution is -0.146. The third-order valence-corrected chi connectivity index (χ3v) is 7.24. The van der Waals surface area contributed by atoms with Gasteiger partial charge in [-0.1, -0.05) is 23.7 Å². The van der Waals surface area contributed by atoms with Crippen LogP contribution in [0.4, 0.5) is 4.39 Å². The van der Waals surface area contributed by atoms with E-state index in [0.717, 1.165) is 0 Å². The highest BCUT2D eigenvalue weighted by Crippen LogP contribution is 2.42. The Morgan fingerprint density at radius 3 is 2.58 bits per heavy atom. The van der Waals surface area contributed by atoms with Crippen molar-refractivity contribution in [1.82, 2.24) is 10.3 Å². The number of aliphatic imine (C=N–C) groups is 1. The SMILES string of the molecule is COC(=O)C1=C([C@H]2CC[C@H](C(=O)OC)CC2)NC(c2nccs2)=NC1c1cccc(F)c1Cl. The van der Waals surface area contributed by atoms with E-state index in [-0.39, 0.29) is 28.4 Å². The first-order valence-corrected chi connectivity index (χ1v) is 11.8. The van der Waals surface area contributed by atoms with E-state index in [1.807, 2.05) is 5.38 Å². The molecule has 0 spiro atoms. The van der Waals surface area contributed by atoms with Crippen LogP contribution in [0.25, 0.3) is 0 Å². The van der Waals surface area contributed by atoms with Gasteiger partial charge in [-0.15, -0.1) is 11.3 Å². The van der Waals surface area contributed by atoms with Gasteiger partial charge >= 0.3 is 11.9 Å². The van der Waals surface area contributed by atoms with Crippen LogP contribution in [0.1, 0.15) is 42.3 Å². The van der Waals surface area contributed by atoms with E-state index in [4.69, 9.17) is 26.1 Å². The molecular weight excluding hydrogens is 469 g/mol. The molecule has 0 radical (unpaired) electrons. The summed E-state index contributed by atoms with van der Waals surface area (Å²) < 4.78 is 24.3. The number of methoxy groups -OCH3 is 2. The largest absolute Gasteiger partial charge is 0.469 e. The van der Waals surface area contributed by atoms with E-state index in [0.29, 0.717) is 47.8 Å². The highest BCUT2D eigenvalue weighted by molar-refractivity contribution is 7.11. The van der Waals surface area contributed by atoms with E-state index in [1.165, 1.54) is 37.7 Å². The van der Waals surface area contributed by atoms with Crippen LogP contribution in [0.2, 0.25) is 5.02 Å². The fourth-order valence-corrected chi connectivity index (χ4v) is 5.23. The zero-order valence-electron chi connectivity index (χ0n) is 18.1. The fraction of sp³-hybridized carbons (Fsp3) is 0.391. The number of nitrogens with one attached hydrogen (secondary N) is 1. The van der Waals surface area contributed by atoms with Crippen molar-refractivity contribution < 1.29 is 23.5 Å². The molecule has 1 unspecified atom stereocenters. The number of benzene rings is 1. The van der Waals surface area contributed by atoms with E-state index in [9.17, 15) is 14.0 Å². The number of nitrogens with zero attached hydrogens (tertiary/aromatic N) is 2. The molecule has 2 aliphatic rings. The quantitative estimate of drug-likeness (QED) is 0.622. The molecule has 2 heterocycles. The molecule has 0 saturated heterocycles. The van der Waals surface area contributed by atoms with E-state index in [2.05, 4.69) is 10.3 Å². The van der Waals surface area contributed by atoms with E-state index >= 15 is 0 Å². The van der Waals surface area contributed by atoms with Gasteiger partial charge in [-0.3, -0.25) is 9.79 Å². The summed E-state index contributed by atoms with van der Waals surface area (Å²) in [5.74, 6) is -1.13. The average Bonchev–Trinajstić information content (AvgIpc) is 3.39. The first-order valence-electron chi connectivity index (χ1n) is 10.5. The van der Waals surface area contributed by atoms with Crippen LogP contribution in [-0.4, -0.2) is 37.0 Å². The van der Waals surface area contributed by atoms with Gasteiger partial charge in [-0.25, -0.2) is 14.2 Å². The Balaban J connectivity index is 1.80. The summed E-state index contributed by atoms with van der Waals surface area (Å²) in [6.07, 6.45) is 4.25. The summed E-state index contributed by atoms with van der Waals surface area (Å²) in [6, 6.07) is 3.58. The molecule has 1 aliphatic carbocycles. The zero-order chi connectivity index (χ0) is 23.5. The maximum absolute atomic E-state index is 14.3. The van der Waals surface area contributed by atoms with Crippen molar-refractivity contribution in [3.63, 3.8) is 0 Å². The zero-order valence-corrected chi connectivity index (χ0v) is 19.7. The van der Waals surface area contributed by atoms with Gasteiger partial charge in [-0.2, -0.15) is 0 Å². The van der Waals surface area contributed by atoms with Crippen LogP contribution in [0.15, 0.2) is 46.0 Å². The molecule has 1 aromatic carbocycles. The van der Waals surface area contributed by atoms with Crippen molar-refractivity contribution in [2.24, 2.45) is 16.8 Å². The van der Waals surface area contributed by atoms with Crippen molar-refractivity contribution in [2.75, 3.05) is 14.2 Å². The number of halogens is 2. The molecule has 0 amide bonds. The summed E-state index contributed by atoms with van der Waals surface area (Å²) in [6.45, 7) is 0. The number of rotatable bonds is 5. The van der Waals surface area contributed by atoms with Crippen LogP contribution in [0.3, 0.4) is 0 Å². The van der Waals surface area contributed by atoms with Crippen LogP contribution in [0.5, 0.6) is 0 Å². The van der Waals surface area contributed by atoms with Crippen LogP contribution >= 0.6 is 22.9 Å². The Labute approximate surface area is 199 Å². The number of thiazole rings is 1. The summed E-state index contributed by atoms with van der Waals surface area (Å²) >= 11 is 7.71. The summed E-state index contributed by atoms with van der Waals surface area (Å²) in [7, 11) is 2.69. The molecule has 174 valence electrons. The number of hydrogen-bond donors (Lipinski definition) is 1. The van der Waals surface area contributed by atoms with Gasteiger partial charge in [-0.05, 0) is 37.7 Å². The minimum Gasteiger partial charge on any atom is -0.469 e. The van der Waals surface area contributed by atoms with Crippen LogP contribution < -0.4 is 5.32 Å². The second-order valence-electron chi connectivity index (χ2n) is 7.88. The number of esters is 2. The number of carbonyl (C=O) groups excluding carboxylic acids is 2. The molecule has 1 aliphatic heterocycles. The van der Waals surface area contributed by atoms with Crippen LogP contribution in [0, 0.1) is 17.7 Å². The molecule has 1 saturated carbocycles. The molecule has 1 N–H and O–H groups in total. The van der Waals surface area contributed by atoms with E-state index < -0.39 is 17.8 Å². The second-order valence-corrected chi connectivity index (χ2v) is 9.15. The molecule has 7 nitrogen and oxygen atoms in total. The van der Waals surface area contributed by atoms with Crippen molar-refractivity contribution in [3.8, 4) is 0 Å². The molecule has 1 fully saturated rings. The topological polar surface area (TPSA) is 89.9 Å². The lowest BCUT2D eigenvalue weighted by Crippen LogP contribution is -2.38. The Bertz CT molecular complexity index is 1110. The summed E-state index contributed by atoms with van der Waals surface area (Å²) in [4.78, 5) is 34.0. The lowest BCUT2D eigenvalue weighted by atomic mass is 9.78. The van der Waals surface area contributed by atoms with Gasteiger partial charge in [0.15, 0.2) is 10.8 Å². The highest BCUT2D eigenvalue weighted by Gasteiger charge is 2.38. The molecule has 2 aromatic rings. The Hall–Kier alpha value is -2.78. The van der Waals surface area contributed by atoms with Gasteiger partial charge in [0.25, 0.3) is 0 Å². The smallest absolute Gasteiger partial charge is 0.338 e. The first kappa shape index (κ1) is 23.4. The molecular formula is C23H23ClFN3O4S. The summed E-state index contributed by atoms with van der Waals surface area (Å²) in [5, 5.41) is 5.67. The number of amidine groups is 1. The summed E-state index contributed by atoms with van der Waals surface area (Å²) in [5.41, 5.74) is 1.30. The number of ether oxygens (including phenoxy) is 2. The molecule has 0 bridgehead atoms. The minimum absolute atomic E-state index is 0.0553. The molecule has 4 rings (SSSR count). The molecule has 1 aromatic heterocycles. The van der Waals surface area contributed by atoms with Gasteiger partial charge in [0.2, 0.25) is 0 Å². The minimum atomic E-state index is -0.867. The molecule has 10 heteroatoms. The third-order valence-electron chi connectivity index (χ3n) is 6.06. The Kier molecular flexibility index (Phi) is 7.09. The normalized spacial score (nSPS) is 22.9. The number of allylic oxidation sites excluding steroid dienone is 1. The third kappa shape index (κ3) is 4.65. The molecule has 33 heavy (non-hydrogen) atoms. The number of hydrogen-bond acceptors (Lipinski definition) is 8. The fourth-order valence-electron chi connectivity index (χ4n) is 4.41. The number of carbonyl (C=O) groups is 2. The number of aromatic nitrogens is 1. The Morgan fingerprint density at radius 1 is 1.18 bits per heavy atom. The van der Waals surface area contributed by atoms with Crippen molar-refractivity contribution in [3.05, 3.63) is 62.5 Å². The predicted octanol–water partition coefficient (Wildman–Crippen LogP) is 4.43. The van der Waals surface area contributed by atoms with Gasteiger partial charge < -0.3 is 14.8 Å². The van der Waals surface area contributed by atoms with Gasteiger partial charge in [0.05, 0.1) is 30.7 Å². The van der Waals surface area contributed by atoms with Crippen molar-refractivity contribution >= 4 is 40.7 Å². The van der Waals surface area contributed by atoms with Gasteiger partial charge in [0.1, 0.15) is 11.9 Å². The standard InChI is InChI=1S/C23H23ClFN3O4S/c1-31-22(29)13-8-6-12(7-9-13)18-16(23(30)32-2)19(14-4-3-5-15(25)17(14)24)28-20(27-18)21-26-10-11-33-21/h3-5,10-13,19H,6-9H2,1-2H3,(H,27,28)/t12-,13-,19?. The second kappa shape index (κ2) is 10.0. The maximum Gasteiger partial charge on any atom is 0.338 e. The molecule has 1 atom stereocenters. The average molecular weight is 492 g/mol. The van der Waals surface area contributed by atoms with Crippen molar-refractivity contribution in [1.29, 1.82) is 0 Å². The predicted molar refractivity (Wildman–Crippen MR) is 122 cm³/mol. The highest BCUT2D eigenvalue weighted by atomic mass is 35.5. The van der Waals surface area contributed by atoms with E-state index in [1.54, 1.807) is 12.3 Å². The maximum atomic E-state index is 14.3. The Morgan fingerprint density at radius 2 is 1.94 bits per heavy atom. The lowest BCUT2D eigenvalue weighted by Gasteiger charge is -2.34. The van der Waals surface area contributed by atoms with Crippen molar-refractivity contribution in [2.45, 2.75) is 31.7 Å². The van der Waals surface area contributed by atoms with Gasteiger partial charge in [0, 0.05) is 22.8 Å². The first-order chi connectivity index (χ1) is 15.9. The monoisotopic (exact) mass is 491 g/mol.